The van der Waals surface area contributed by atoms with Crippen LogP contribution in [0.25, 0.3) is 11.5 Å². The second-order valence-corrected chi connectivity index (χ2v) is 7.91. The van der Waals surface area contributed by atoms with E-state index in [1.807, 2.05) is 30.3 Å². The van der Waals surface area contributed by atoms with E-state index in [4.69, 9.17) is 9.15 Å². The fourth-order valence-corrected chi connectivity index (χ4v) is 3.95. The number of amides is 1. The number of aromatic nitrogens is 4. The summed E-state index contributed by atoms with van der Waals surface area (Å²) >= 11 is 2.69. The van der Waals surface area contributed by atoms with Gasteiger partial charge in [0.05, 0.1) is 12.9 Å². The van der Waals surface area contributed by atoms with Gasteiger partial charge in [-0.2, -0.15) is 0 Å². The highest BCUT2D eigenvalue weighted by Crippen LogP contribution is 2.29. The molecule has 0 bridgehead atoms. The summed E-state index contributed by atoms with van der Waals surface area (Å²) in [7, 11) is 1.58. The van der Waals surface area contributed by atoms with Crippen molar-refractivity contribution in [1.29, 1.82) is 0 Å². The standard InChI is InChI=1S/C19H15N5O3S2/c1-26-14-9-7-12(8-10-14)16(25)20-18-23-24-19(29-18)28-11-15-21-22-17(27-15)13-5-3-2-4-6-13/h2-10H,11H2,1H3,(H,20,23,25). The van der Waals surface area contributed by atoms with Gasteiger partial charge in [-0.15, -0.1) is 20.4 Å². The molecule has 4 aromatic rings. The highest BCUT2D eigenvalue weighted by atomic mass is 32.2. The Morgan fingerprint density at radius 2 is 1.86 bits per heavy atom. The van der Waals surface area contributed by atoms with Crippen molar-refractivity contribution in [2.24, 2.45) is 0 Å². The van der Waals surface area contributed by atoms with Gasteiger partial charge in [-0.25, -0.2) is 0 Å². The molecule has 1 amide bonds. The SMILES string of the molecule is COc1ccc(C(=O)Nc2nnc(SCc3nnc(-c4ccccc4)o3)s2)cc1. The highest BCUT2D eigenvalue weighted by Gasteiger charge is 2.13. The Bertz CT molecular complexity index is 1100. The Labute approximate surface area is 174 Å². The summed E-state index contributed by atoms with van der Waals surface area (Å²) < 4.78 is 11.5. The van der Waals surface area contributed by atoms with Gasteiger partial charge >= 0.3 is 0 Å². The normalized spacial score (nSPS) is 10.7. The summed E-state index contributed by atoms with van der Waals surface area (Å²) in [6.45, 7) is 0. The zero-order chi connectivity index (χ0) is 20.1. The van der Waals surface area contributed by atoms with Crippen LogP contribution in [0.15, 0.2) is 63.4 Å². The molecule has 4 rings (SSSR count). The topological polar surface area (TPSA) is 103 Å². The van der Waals surface area contributed by atoms with Gasteiger partial charge in [0.2, 0.25) is 16.9 Å². The van der Waals surface area contributed by atoms with Crippen LogP contribution in [0.5, 0.6) is 5.75 Å². The van der Waals surface area contributed by atoms with Crippen molar-refractivity contribution in [3.63, 3.8) is 0 Å². The third kappa shape index (κ3) is 4.79. The lowest BCUT2D eigenvalue weighted by atomic mass is 10.2. The minimum absolute atomic E-state index is 0.259. The average molecular weight is 425 g/mol. The number of nitrogens with zero attached hydrogens (tertiary/aromatic N) is 4. The van der Waals surface area contributed by atoms with Crippen LogP contribution in [0, 0.1) is 0 Å². The number of anilines is 1. The first-order valence-electron chi connectivity index (χ1n) is 8.51. The number of carbonyl (C=O) groups is 1. The Morgan fingerprint density at radius 3 is 2.62 bits per heavy atom. The van der Waals surface area contributed by atoms with Crippen molar-refractivity contribution in [1.82, 2.24) is 20.4 Å². The second kappa shape index (κ2) is 8.84. The molecule has 0 saturated carbocycles. The molecule has 0 unspecified atom stereocenters. The van der Waals surface area contributed by atoms with Gasteiger partial charge in [0.25, 0.3) is 5.91 Å². The molecule has 1 N–H and O–H groups in total. The fourth-order valence-electron chi connectivity index (χ4n) is 2.36. The minimum atomic E-state index is -0.259. The van der Waals surface area contributed by atoms with Gasteiger partial charge in [0, 0.05) is 11.1 Å². The number of rotatable bonds is 7. The molecule has 2 aromatic heterocycles. The van der Waals surface area contributed by atoms with E-state index in [1.54, 1.807) is 31.4 Å². The third-order valence-corrected chi connectivity index (χ3v) is 5.74. The molecule has 0 fully saturated rings. The Morgan fingerprint density at radius 1 is 1.07 bits per heavy atom. The molecular weight excluding hydrogens is 410 g/mol. The van der Waals surface area contributed by atoms with Crippen molar-refractivity contribution in [2.75, 3.05) is 12.4 Å². The molecule has 10 heteroatoms. The van der Waals surface area contributed by atoms with Crippen LogP contribution in [0.3, 0.4) is 0 Å². The van der Waals surface area contributed by atoms with Gasteiger partial charge < -0.3 is 9.15 Å². The van der Waals surface area contributed by atoms with Gasteiger partial charge in [-0.05, 0) is 36.4 Å². The van der Waals surface area contributed by atoms with Crippen molar-refractivity contribution in [3.8, 4) is 17.2 Å². The lowest BCUT2D eigenvalue weighted by molar-refractivity contribution is 0.102. The summed E-state index contributed by atoms with van der Waals surface area (Å²) in [5.41, 5.74) is 1.38. The molecule has 2 aromatic carbocycles. The van der Waals surface area contributed by atoms with Gasteiger partial charge in [-0.1, -0.05) is 41.3 Å². The highest BCUT2D eigenvalue weighted by molar-refractivity contribution is 8.00. The largest absolute Gasteiger partial charge is 0.497 e. The molecular formula is C19H15N5O3S2. The van der Waals surface area contributed by atoms with Crippen LogP contribution < -0.4 is 10.1 Å². The molecule has 29 heavy (non-hydrogen) atoms. The molecule has 0 atom stereocenters. The van der Waals surface area contributed by atoms with E-state index in [9.17, 15) is 4.79 Å². The summed E-state index contributed by atoms with van der Waals surface area (Å²) in [6, 6.07) is 16.4. The van der Waals surface area contributed by atoms with Crippen molar-refractivity contribution in [2.45, 2.75) is 10.1 Å². The lowest BCUT2D eigenvalue weighted by Crippen LogP contribution is -2.11. The Balaban J connectivity index is 1.33. The van der Waals surface area contributed by atoms with E-state index in [0.29, 0.717) is 38.3 Å². The van der Waals surface area contributed by atoms with E-state index in [-0.39, 0.29) is 5.91 Å². The summed E-state index contributed by atoms with van der Waals surface area (Å²) in [5.74, 6) is 1.86. The summed E-state index contributed by atoms with van der Waals surface area (Å²) in [4.78, 5) is 12.3. The maximum absolute atomic E-state index is 12.3. The number of thioether (sulfide) groups is 1. The predicted molar refractivity (Wildman–Crippen MR) is 110 cm³/mol. The summed E-state index contributed by atoms with van der Waals surface area (Å²) in [6.07, 6.45) is 0. The quantitative estimate of drug-likeness (QED) is 0.348. The number of hydrogen-bond donors (Lipinski definition) is 1. The van der Waals surface area contributed by atoms with Crippen LogP contribution in [0.1, 0.15) is 16.2 Å². The zero-order valence-electron chi connectivity index (χ0n) is 15.2. The van der Waals surface area contributed by atoms with Crippen LogP contribution in [-0.4, -0.2) is 33.4 Å². The first kappa shape index (κ1) is 19.1. The number of methoxy groups -OCH3 is 1. The van der Waals surface area contributed by atoms with Gasteiger partial charge in [-0.3, -0.25) is 10.1 Å². The number of carbonyl (C=O) groups excluding carboxylic acids is 1. The van der Waals surface area contributed by atoms with E-state index in [1.165, 1.54) is 23.1 Å². The fraction of sp³-hybridized carbons (Fsp3) is 0.105. The molecule has 8 nitrogen and oxygen atoms in total. The monoisotopic (exact) mass is 425 g/mol. The van der Waals surface area contributed by atoms with E-state index < -0.39 is 0 Å². The number of benzene rings is 2. The summed E-state index contributed by atoms with van der Waals surface area (Å²) in [5, 5.41) is 19.4. The molecule has 0 aliphatic carbocycles. The first-order chi connectivity index (χ1) is 14.2. The first-order valence-corrected chi connectivity index (χ1v) is 10.3. The molecule has 0 radical (unpaired) electrons. The van der Waals surface area contributed by atoms with Crippen LogP contribution in [0.2, 0.25) is 0 Å². The molecule has 0 aliphatic heterocycles. The van der Waals surface area contributed by atoms with Gasteiger partial charge in [0.1, 0.15) is 5.75 Å². The van der Waals surface area contributed by atoms with E-state index >= 15 is 0 Å². The number of nitrogens with one attached hydrogen (secondary N) is 1. The van der Waals surface area contributed by atoms with E-state index in [0.717, 1.165) is 5.56 Å². The smallest absolute Gasteiger partial charge is 0.257 e. The van der Waals surface area contributed by atoms with Crippen molar-refractivity contribution < 1.29 is 13.9 Å². The number of ether oxygens (including phenoxy) is 1. The van der Waals surface area contributed by atoms with E-state index in [2.05, 4.69) is 25.7 Å². The van der Waals surface area contributed by atoms with Crippen LogP contribution in [-0.2, 0) is 5.75 Å². The predicted octanol–water partition coefficient (Wildman–Crippen LogP) is 4.14. The van der Waals surface area contributed by atoms with Crippen LogP contribution in [0.4, 0.5) is 5.13 Å². The third-order valence-electron chi connectivity index (χ3n) is 3.79. The lowest BCUT2D eigenvalue weighted by Gasteiger charge is -2.02. The maximum Gasteiger partial charge on any atom is 0.257 e. The number of hydrogen-bond acceptors (Lipinski definition) is 9. The van der Waals surface area contributed by atoms with Crippen molar-refractivity contribution in [3.05, 3.63) is 66.1 Å². The van der Waals surface area contributed by atoms with Crippen molar-refractivity contribution >= 4 is 34.1 Å². The van der Waals surface area contributed by atoms with Gasteiger partial charge in [0.15, 0.2) is 4.34 Å². The molecule has 0 aliphatic rings. The molecule has 2 heterocycles. The van der Waals surface area contributed by atoms with Crippen LogP contribution >= 0.6 is 23.1 Å². The average Bonchev–Trinajstić information content (AvgIpc) is 3.42. The second-order valence-electron chi connectivity index (χ2n) is 5.71. The molecule has 146 valence electrons. The zero-order valence-corrected chi connectivity index (χ0v) is 16.9. The maximum atomic E-state index is 12.3. The Hall–Kier alpha value is -3.24. The Kier molecular flexibility index (Phi) is 5.82. The molecule has 0 spiro atoms. The molecule has 0 saturated heterocycles. The minimum Gasteiger partial charge on any atom is -0.497 e.